The van der Waals surface area contributed by atoms with Gasteiger partial charge in [0.25, 0.3) is 0 Å². The molecule has 0 aliphatic carbocycles. The summed E-state index contributed by atoms with van der Waals surface area (Å²) >= 11 is 3.34. The Morgan fingerprint density at radius 2 is 2.64 bits per heavy atom. The van der Waals surface area contributed by atoms with Crippen LogP contribution < -0.4 is 5.32 Å². The van der Waals surface area contributed by atoms with Crippen molar-refractivity contribution in [1.82, 2.24) is 9.69 Å². The Hall–Kier alpha value is -0.0600. The smallest absolute Gasteiger partial charge is 0.0719 e. The fourth-order valence-corrected chi connectivity index (χ4v) is 2.13. The van der Waals surface area contributed by atoms with Gasteiger partial charge in [-0.05, 0) is 30.9 Å². The minimum absolute atomic E-state index is 0.413. The van der Waals surface area contributed by atoms with Crippen molar-refractivity contribution in [2.75, 3.05) is 19.1 Å². The van der Waals surface area contributed by atoms with E-state index >= 15 is 0 Å². The van der Waals surface area contributed by atoms with Gasteiger partial charge in [-0.15, -0.1) is 0 Å². The second kappa shape index (κ2) is 4.74. The molecule has 0 radical (unpaired) electrons. The second-order valence-electron chi connectivity index (χ2n) is 2.22. The number of hydrogen-bond acceptors (Lipinski definition) is 4. The summed E-state index contributed by atoms with van der Waals surface area (Å²) in [5.41, 5.74) is 1.16. The van der Waals surface area contributed by atoms with Gasteiger partial charge in [-0.3, -0.25) is 0 Å². The average molecular weight is 188 g/mol. The van der Waals surface area contributed by atoms with E-state index < -0.39 is 0 Å². The van der Waals surface area contributed by atoms with Crippen LogP contribution in [0.25, 0.3) is 0 Å². The lowest BCUT2D eigenvalue weighted by Gasteiger charge is -2.10. The van der Waals surface area contributed by atoms with E-state index in [1.807, 2.05) is 24.2 Å². The Bertz CT molecular complexity index is 186. The summed E-state index contributed by atoms with van der Waals surface area (Å²) in [4.78, 5) is 0. The Balaban J connectivity index is 2.56. The van der Waals surface area contributed by atoms with Crippen LogP contribution in [-0.4, -0.2) is 23.4 Å². The van der Waals surface area contributed by atoms with Crippen molar-refractivity contribution in [3.05, 3.63) is 17.1 Å². The molecule has 0 spiro atoms. The highest BCUT2D eigenvalue weighted by molar-refractivity contribution is 7.98. The van der Waals surface area contributed by atoms with Crippen molar-refractivity contribution in [1.29, 1.82) is 0 Å². The average Bonchev–Trinajstić information content (AvgIpc) is 2.52. The summed E-state index contributed by atoms with van der Waals surface area (Å²) in [5.74, 6) is 1.08. The van der Waals surface area contributed by atoms with Gasteiger partial charge in [0.1, 0.15) is 0 Å². The van der Waals surface area contributed by atoms with E-state index in [1.54, 1.807) is 0 Å². The number of aromatic nitrogens is 1. The molecule has 0 aliphatic heterocycles. The molecule has 0 aromatic carbocycles. The first-order valence-electron chi connectivity index (χ1n) is 3.45. The topological polar surface area (TPSA) is 24.9 Å². The molecular weight excluding hydrogens is 176 g/mol. The number of nitrogens with one attached hydrogen (secondary N) is 1. The Morgan fingerprint density at radius 1 is 1.82 bits per heavy atom. The van der Waals surface area contributed by atoms with Gasteiger partial charge in [0.05, 0.1) is 11.7 Å². The third-order valence-electron chi connectivity index (χ3n) is 1.50. The third kappa shape index (κ3) is 2.47. The van der Waals surface area contributed by atoms with Crippen LogP contribution in [0.4, 0.5) is 0 Å². The van der Waals surface area contributed by atoms with Crippen LogP contribution in [0.2, 0.25) is 0 Å². The van der Waals surface area contributed by atoms with Gasteiger partial charge in [0.15, 0.2) is 0 Å². The standard InChI is InChI=1S/C7H12N2S2/c1-8-7(5-10-2)6-3-4-11-9-6/h3-4,7-8H,5H2,1-2H3. The van der Waals surface area contributed by atoms with Crippen molar-refractivity contribution in [2.45, 2.75) is 6.04 Å². The van der Waals surface area contributed by atoms with Crippen LogP contribution in [0, 0.1) is 0 Å². The summed E-state index contributed by atoms with van der Waals surface area (Å²) in [7, 11) is 1.97. The first-order valence-corrected chi connectivity index (χ1v) is 5.68. The minimum atomic E-state index is 0.413. The van der Waals surface area contributed by atoms with Crippen LogP contribution in [-0.2, 0) is 0 Å². The monoisotopic (exact) mass is 188 g/mol. The molecule has 0 fully saturated rings. The summed E-state index contributed by atoms with van der Waals surface area (Å²) in [6, 6.07) is 2.48. The van der Waals surface area contributed by atoms with Gasteiger partial charge >= 0.3 is 0 Å². The predicted molar refractivity (Wildman–Crippen MR) is 52.3 cm³/mol. The molecule has 1 heterocycles. The summed E-state index contributed by atoms with van der Waals surface area (Å²) < 4.78 is 4.27. The van der Waals surface area contributed by atoms with Gasteiger partial charge < -0.3 is 5.32 Å². The van der Waals surface area contributed by atoms with Gasteiger partial charge in [-0.25, -0.2) is 0 Å². The molecule has 1 N–H and O–H groups in total. The van der Waals surface area contributed by atoms with Crippen molar-refractivity contribution >= 4 is 23.3 Å². The first-order chi connectivity index (χ1) is 5.38. The summed E-state index contributed by atoms with van der Waals surface area (Å²) in [5, 5.41) is 5.24. The molecule has 1 rings (SSSR count). The molecular formula is C7H12N2S2. The molecule has 0 aliphatic rings. The highest BCUT2D eigenvalue weighted by Crippen LogP contribution is 2.15. The maximum absolute atomic E-state index is 4.27. The van der Waals surface area contributed by atoms with Crippen LogP contribution in [0.15, 0.2) is 11.4 Å². The number of hydrogen-bond donors (Lipinski definition) is 1. The van der Waals surface area contributed by atoms with Gasteiger partial charge in [-0.1, -0.05) is 0 Å². The molecule has 1 unspecified atom stereocenters. The van der Waals surface area contributed by atoms with Crippen molar-refractivity contribution in [3.8, 4) is 0 Å². The quantitative estimate of drug-likeness (QED) is 0.779. The van der Waals surface area contributed by atoms with Gasteiger partial charge in [0, 0.05) is 11.1 Å². The van der Waals surface area contributed by atoms with Gasteiger partial charge in [0.2, 0.25) is 0 Å². The van der Waals surface area contributed by atoms with Crippen LogP contribution in [0.1, 0.15) is 11.7 Å². The predicted octanol–water partition coefficient (Wildman–Crippen LogP) is 1.77. The molecule has 0 bridgehead atoms. The molecule has 4 heteroatoms. The summed E-state index contributed by atoms with van der Waals surface area (Å²) in [6.45, 7) is 0. The van der Waals surface area contributed by atoms with Crippen molar-refractivity contribution < 1.29 is 0 Å². The van der Waals surface area contributed by atoms with Crippen LogP contribution in [0.5, 0.6) is 0 Å². The van der Waals surface area contributed by atoms with E-state index in [0.717, 1.165) is 11.4 Å². The van der Waals surface area contributed by atoms with E-state index in [1.165, 1.54) is 11.5 Å². The first kappa shape index (κ1) is 9.03. The Morgan fingerprint density at radius 3 is 3.09 bits per heavy atom. The lowest BCUT2D eigenvalue weighted by atomic mass is 10.2. The van der Waals surface area contributed by atoms with E-state index in [4.69, 9.17) is 0 Å². The number of rotatable bonds is 4. The molecule has 1 aromatic heterocycles. The highest BCUT2D eigenvalue weighted by atomic mass is 32.2. The second-order valence-corrected chi connectivity index (χ2v) is 3.80. The molecule has 0 saturated heterocycles. The minimum Gasteiger partial charge on any atom is -0.311 e. The van der Waals surface area contributed by atoms with Crippen LogP contribution in [0.3, 0.4) is 0 Å². The molecule has 1 atom stereocenters. The molecule has 1 aromatic rings. The van der Waals surface area contributed by atoms with E-state index in [-0.39, 0.29) is 0 Å². The summed E-state index contributed by atoms with van der Waals surface area (Å²) in [6.07, 6.45) is 2.11. The highest BCUT2D eigenvalue weighted by Gasteiger charge is 2.08. The lowest BCUT2D eigenvalue weighted by molar-refractivity contribution is 0.649. The maximum atomic E-state index is 4.27. The van der Waals surface area contributed by atoms with Crippen molar-refractivity contribution in [3.63, 3.8) is 0 Å². The third-order valence-corrected chi connectivity index (χ3v) is 2.74. The molecule has 62 valence electrons. The van der Waals surface area contributed by atoms with Crippen molar-refractivity contribution in [2.24, 2.45) is 0 Å². The van der Waals surface area contributed by atoms with E-state index in [2.05, 4.69) is 22.0 Å². The van der Waals surface area contributed by atoms with Crippen LogP contribution >= 0.6 is 23.3 Å². The molecule has 11 heavy (non-hydrogen) atoms. The van der Waals surface area contributed by atoms with E-state index in [0.29, 0.717) is 6.04 Å². The molecule has 0 saturated carbocycles. The fourth-order valence-electron chi connectivity index (χ4n) is 0.885. The lowest BCUT2D eigenvalue weighted by Crippen LogP contribution is -2.18. The molecule has 0 amide bonds. The fraction of sp³-hybridized carbons (Fsp3) is 0.571. The molecule has 2 nitrogen and oxygen atoms in total. The SMILES string of the molecule is CNC(CSC)c1ccsn1. The van der Waals surface area contributed by atoms with E-state index in [9.17, 15) is 0 Å². The van der Waals surface area contributed by atoms with Gasteiger partial charge in [-0.2, -0.15) is 16.1 Å². The number of thioether (sulfide) groups is 1. The Kier molecular flexibility index (Phi) is 3.90. The normalized spacial score (nSPS) is 13.3. The zero-order chi connectivity index (χ0) is 8.10. The Labute approximate surface area is 75.6 Å². The largest absolute Gasteiger partial charge is 0.311 e. The number of nitrogens with zero attached hydrogens (tertiary/aromatic N) is 1. The zero-order valence-corrected chi connectivity index (χ0v) is 8.34. The maximum Gasteiger partial charge on any atom is 0.0719 e. The zero-order valence-electron chi connectivity index (χ0n) is 6.70.